The van der Waals surface area contributed by atoms with E-state index in [1.54, 1.807) is 0 Å². The maximum absolute atomic E-state index is 11.8. The van der Waals surface area contributed by atoms with Gasteiger partial charge in [-0.25, -0.2) is 9.59 Å². The monoisotopic (exact) mass is 482 g/mol. The Morgan fingerprint density at radius 3 is 1.24 bits per heavy atom. The first-order valence-electron chi connectivity index (χ1n) is 10.1. The molecule has 2 aromatic carbocycles. The van der Waals surface area contributed by atoms with Crippen molar-refractivity contribution in [3.63, 3.8) is 0 Å². The highest BCUT2D eigenvalue weighted by molar-refractivity contribution is 5.91. The smallest absolute Gasteiger partial charge is 0.338 e. The van der Waals surface area contributed by atoms with E-state index >= 15 is 0 Å². The maximum atomic E-state index is 11.8. The molecule has 2 rings (SSSR count). The first-order valence-corrected chi connectivity index (χ1v) is 10.1. The highest BCUT2D eigenvalue weighted by atomic mass is 16.6. The van der Waals surface area contributed by atoms with Crippen LogP contribution in [0.5, 0.6) is 23.0 Å². The molecule has 0 aromatic heterocycles. The van der Waals surface area contributed by atoms with Gasteiger partial charge in [-0.1, -0.05) is 0 Å². The summed E-state index contributed by atoms with van der Waals surface area (Å²) in [4.78, 5) is 23.7. The van der Waals surface area contributed by atoms with Gasteiger partial charge in [0.15, 0.2) is 0 Å². The summed E-state index contributed by atoms with van der Waals surface area (Å²) >= 11 is 0. The summed E-state index contributed by atoms with van der Waals surface area (Å²) in [7, 11) is 0. The Kier molecular flexibility index (Phi) is 10.4. The van der Waals surface area contributed by atoms with Crippen molar-refractivity contribution in [2.75, 3.05) is 39.6 Å². The predicted octanol–water partition coefficient (Wildman–Crippen LogP) is 0.278. The van der Waals surface area contributed by atoms with Crippen LogP contribution in [0.2, 0.25) is 0 Å². The Hall–Kier alpha value is -3.58. The van der Waals surface area contributed by atoms with Crippen molar-refractivity contribution in [2.45, 2.75) is 12.2 Å². The number of phenols is 4. The number of carbonyl (C=O) groups excluding carboxylic acids is 2. The molecule has 0 heterocycles. The SMILES string of the molecule is O=C(OCC(O)COCCOCC(O)COC(=O)c1cc(O)cc(O)c1)c1cc(O)cc(O)c1. The lowest BCUT2D eigenvalue weighted by atomic mass is 10.2. The van der Waals surface area contributed by atoms with Gasteiger partial charge in [-0.15, -0.1) is 0 Å². The van der Waals surface area contributed by atoms with E-state index < -0.39 is 24.1 Å². The fourth-order valence-electron chi connectivity index (χ4n) is 2.59. The Morgan fingerprint density at radius 1 is 0.588 bits per heavy atom. The van der Waals surface area contributed by atoms with Gasteiger partial charge in [-0.3, -0.25) is 0 Å². The number of esters is 2. The molecule has 0 radical (unpaired) electrons. The second-order valence-electron chi connectivity index (χ2n) is 7.13. The molecule has 0 aliphatic carbocycles. The molecule has 12 heteroatoms. The van der Waals surface area contributed by atoms with Gasteiger partial charge in [0.05, 0.1) is 37.6 Å². The van der Waals surface area contributed by atoms with Crippen LogP contribution in [0.3, 0.4) is 0 Å². The molecule has 34 heavy (non-hydrogen) atoms. The van der Waals surface area contributed by atoms with Crippen molar-refractivity contribution in [1.82, 2.24) is 0 Å². The molecule has 0 aliphatic rings. The number of rotatable bonds is 13. The second-order valence-corrected chi connectivity index (χ2v) is 7.13. The molecule has 12 nitrogen and oxygen atoms in total. The quantitative estimate of drug-likeness (QED) is 0.169. The van der Waals surface area contributed by atoms with Crippen LogP contribution in [0.1, 0.15) is 20.7 Å². The van der Waals surface area contributed by atoms with Gasteiger partial charge >= 0.3 is 11.9 Å². The number of aliphatic hydroxyl groups is 2. The van der Waals surface area contributed by atoms with Crippen LogP contribution in [-0.4, -0.2) is 94.4 Å². The van der Waals surface area contributed by atoms with Crippen molar-refractivity contribution >= 4 is 11.9 Å². The van der Waals surface area contributed by atoms with Crippen molar-refractivity contribution in [3.05, 3.63) is 47.5 Å². The average Bonchev–Trinajstić information content (AvgIpc) is 2.76. The van der Waals surface area contributed by atoms with E-state index in [9.17, 15) is 40.2 Å². The molecule has 0 saturated carbocycles. The van der Waals surface area contributed by atoms with E-state index in [0.29, 0.717) is 0 Å². The topological polar surface area (TPSA) is 192 Å². The zero-order chi connectivity index (χ0) is 25.1. The summed E-state index contributed by atoms with van der Waals surface area (Å²) in [6, 6.07) is 6.53. The fraction of sp³-hybridized carbons (Fsp3) is 0.364. The van der Waals surface area contributed by atoms with Gasteiger partial charge in [-0.05, 0) is 24.3 Å². The summed E-state index contributed by atoms with van der Waals surface area (Å²) in [5.74, 6) is -2.92. The largest absolute Gasteiger partial charge is 0.508 e. The highest BCUT2D eigenvalue weighted by Gasteiger charge is 2.15. The lowest BCUT2D eigenvalue weighted by Crippen LogP contribution is -2.26. The average molecular weight is 482 g/mol. The Balaban J connectivity index is 1.54. The van der Waals surface area contributed by atoms with Gasteiger partial charge in [0, 0.05) is 12.1 Å². The minimum atomic E-state index is -1.13. The van der Waals surface area contributed by atoms with Crippen LogP contribution >= 0.6 is 0 Å². The van der Waals surface area contributed by atoms with Gasteiger partial charge < -0.3 is 49.6 Å². The van der Waals surface area contributed by atoms with Crippen molar-refractivity contribution < 1.29 is 59.2 Å². The predicted molar refractivity (Wildman–Crippen MR) is 114 cm³/mol. The summed E-state index contributed by atoms with van der Waals surface area (Å²) in [6.45, 7) is -0.979. The molecule has 0 aliphatic heterocycles. The molecule has 2 atom stereocenters. The first-order chi connectivity index (χ1) is 16.1. The molecule has 0 fully saturated rings. The third-order valence-electron chi connectivity index (χ3n) is 4.08. The molecule has 6 N–H and O–H groups in total. The maximum Gasteiger partial charge on any atom is 0.338 e. The number of hydrogen-bond acceptors (Lipinski definition) is 12. The van der Waals surface area contributed by atoms with Crippen molar-refractivity contribution in [1.29, 1.82) is 0 Å². The van der Waals surface area contributed by atoms with E-state index in [1.807, 2.05) is 0 Å². The fourth-order valence-corrected chi connectivity index (χ4v) is 2.59. The molecule has 0 saturated heterocycles. The van der Waals surface area contributed by atoms with E-state index in [0.717, 1.165) is 36.4 Å². The number of carbonyl (C=O) groups is 2. The Bertz CT molecular complexity index is 843. The van der Waals surface area contributed by atoms with E-state index in [1.165, 1.54) is 0 Å². The summed E-state index contributed by atoms with van der Waals surface area (Å²) in [5, 5.41) is 57.0. The van der Waals surface area contributed by atoms with Crippen molar-refractivity contribution in [3.8, 4) is 23.0 Å². The number of ether oxygens (including phenoxy) is 4. The second kappa shape index (κ2) is 13.2. The lowest BCUT2D eigenvalue weighted by molar-refractivity contribution is -0.0423. The Labute approximate surface area is 194 Å². The molecule has 2 aromatic rings. The van der Waals surface area contributed by atoms with Crippen molar-refractivity contribution in [2.24, 2.45) is 0 Å². The number of phenolic OH excluding ortho intramolecular Hbond substituents is 4. The molecular formula is C22H26O12. The number of benzene rings is 2. The minimum absolute atomic E-state index is 0.0561. The number of aliphatic hydroxyl groups excluding tert-OH is 2. The first kappa shape index (κ1) is 26.7. The molecule has 0 spiro atoms. The zero-order valence-corrected chi connectivity index (χ0v) is 18.0. The molecule has 186 valence electrons. The Morgan fingerprint density at radius 2 is 0.912 bits per heavy atom. The highest BCUT2D eigenvalue weighted by Crippen LogP contribution is 2.21. The number of aromatic hydroxyl groups is 4. The van der Waals surface area contributed by atoms with Crippen LogP contribution in [0, 0.1) is 0 Å². The summed E-state index contributed by atoms with van der Waals surface area (Å²) < 4.78 is 20.1. The molecule has 0 amide bonds. The number of hydrogen-bond donors (Lipinski definition) is 6. The third-order valence-corrected chi connectivity index (χ3v) is 4.08. The van der Waals surface area contributed by atoms with Crippen LogP contribution in [0.15, 0.2) is 36.4 Å². The van der Waals surface area contributed by atoms with Crippen LogP contribution in [-0.2, 0) is 18.9 Å². The van der Waals surface area contributed by atoms with Crippen LogP contribution in [0.4, 0.5) is 0 Å². The standard InChI is InChI=1S/C22H26O12/c23-15-3-13(4-16(24)7-15)21(29)33-11-19(27)9-31-1-2-32-10-20(28)12-34-22(30)14-5-17(25)8-18(26)6-14/h3-8,19-20,23-28H,1-2,9-12H2. The lowest BCUT2D eigenvalue weighted by Gasteiger charge is -2.14. The van der Waals surface area contributed by atoms with Gasteiger partial charge in [0.25, 0.3) is 0 Å². The van der Waals surface area contributed by atoms with E-state index in [4.69, 9.17) is 18.9 Å². The van der Waals surface area contributed by atoms with Gasteiger partial charge in [0.2, 0.25) is 0 Å². The van der Waals surface area contributed by atoms with Crippen LogP contribution < -0.4 is 0 Å². The third kappa shape index (κ3) is 9.50. The minimum Gasteiger partial charge on any atom is -0.508 e. The summed E-state index contributed by atoms with van der Waals surface area (Å²) in [5.41, 5.74) is -0.161. The normalized spacial score (nSPS) is 12.6. The molecule has 2 unspecified atom stereocenters. The molecular weight excluding hydrogens is 456 g/mol. The zero-order valence-electron chi connectivity index (χ0n) is 18.0. The van der Waals surface area contributed by atoms with Crippen LogP contribution in [0.25, 0.3) is 0 Å². The van der Waals surface area contributed by atoms with Gasteiger partial charge in [0.1, 0.15) is 48.4 Å². The molecule has 0 bridgehead atoms. The summed E-state index contributed by atoms with van der Waals surface area (Å²) in [6.07, 6.45) is -2.26. The van der Waals surface area contributed by atoms with E-state index in [2.05, 4.69) is 0 Å². The van der Waals surface area contributed by atoms with E-state index in [-0.39, 0.29) is 73.8 Å². The van der Waals surface area contributed by atoms with Gasteiger partial charge in [-0.2, -0.15) is 0 Å².